The van der Waals surface area contributed by atoms with Crippen LogP contribution >= 0.6 is 0 Å². The summed E-state index contributed by atoms with van der Waals surface area (Å²) in [5.74, 6) is 0.744. The van der Waals surface area contributed by atoms with Crippen molar-refractivity contribution < 1.29 is 0 Å². The summed E-state index contributed by atoms with van der Waals surface area (Å²) in [6.45, 7) is 7.95. The van der Waals surface area contributed by atoms with Gasteiger partial charge in [-0.25, -0.2) is 0 Å². The molecule has 1 N–H and O–H groups in total. The summed E-state index contributed by atoms with van der Waals surface area (Å²) in [7, 11) is 0. The van der Waals surface area contributed by atoms with Crippen molar-refractivity contribution in [3.05, 3.63) is 35.9 Å². The first-order valence-electron chi connectivity index (χ1n) is 6.55. The lowest BCUT2D eigenvalue weighted by atomic mass is 9.91. The first kappa shape index (κ1) is 13.2. The molecule has 1 heteroatoms. The lowest BCUT2D eigenvalue weighted by molar-refractivity contribution is 0.362. The van der Waals surface area contributed by atoms with Gasteiger partial charge in [0.15, 0.2) is 0 Å². The molecule has 16 heavy (non-hydrogen) atoms. The van der Waals surface area contributed by atoms with Crippen LogP contribution in [0.25, 0.3) is 0 Å². The van der Waals surface area contributed by atoms with Gasteiger partial charge in [-0.15, -0.1) is 0 Å². The lowest BCUT2D eigenvalue weighted by Gasteiger charge is -2.24. The van der Waals surface area contributed by atoms with Crippen LogP contribution in [-0.4, -0.2) is 12.6 Å². The monoisotopic (exact) mass is 219 g/mol. The summed E-state index contributed by atoms with van der Waals surface area (Å²) in [5.41, 5.74) is 1.46. The van der Waals surface area contributed by atoms with Gasteiger partial charge in [0, 0.05) is 6.04 Å². The first-order chi connectivity index (χ1) is 7.77. The van der Waals surface area contributed by atoms with Crippen molar-refractivity contribution >= 4 is 0 Å². The van der Waals surface area contributed by atoms with Crippen LogP contribution in [0, 0.1) is 5.92 Å². The van der Waals surface area contributed by atoms with Gasteiger partial charge in [0.05, 0.1) is 0 Å². The van der Waals surface area contributed by atoms with Crippen LogP contribution in [0.15, 0.2) is 30.3 Å². The zero-order chi connectivity index (χ0) is 11.8. The van der Waals surface area contributed by atoms with E-state index >= 15 is 0 Å². The standard InChI is InChI=1S/C15H25N/c1-4-11-16-13(3)15(5-2)12-14-9-7-6-8-10-14/h6-10,13,15-16H,4-5,11-12H2,1-3H3. The Labute approximate surface area is 100 Å². The summed E-state index contributed by atoms with van der Waals surface area (Å²) < 4.78 is 0. The van der Waals surface area contributed by atoms with E-state index in [2.05, 4.69) is 56.4 Å². The Balaban J connectivity index is 2.48. The number of hydrogen-bond donors (Lipinski definition) is 1. The van der Waals surface area contributed by atoms with Crippen LogP contribution in [0.5, 0.6) is 0 Å². The van der Waals surface area contributed by atoms with Gasteiger partial charge in [-0.3, -0.25) is 0 Å². The molecule has 0 amide bonds. The number of rotatable bonds is 7. The van der Waals surface area contributed by atoms with Crippen molar-refractivity contribution in [1.82, 2.24) is 5.32 Å². The van der Waals surface area contributed by atoms with Gasteiger partial charge >= 0.3 is 0 Å². The fraction of sp³-hybridized carbons (Fsp3) is 0.600. The Morgan fingerprint density at radius 1 is 1.12 bits per heavy atom. The van der Waals surface area contributed by atoms with Crippen molar-refractivity contribution in [2.45, 2.75) is 46.1 Å². The zero-order valence-electron chi connectivity index (χ0n) is 10.9. The largest absolute Gasteiger partial charge is 0.314 e. The second kappa shape index (κ2) is 7.45. The third-order valence-corrected chi connectivity index (χ3v) is 3.29. The molecule has 0 heterocycles. The molecule has 0 aliphatic rings. The zero-order valence-corrected chi connectivity index (χ0v) is 10.9. The Morgan fingerprint density at radius 2 is 1.81 bits per heavy atom. The lowest BCUT2D eigenvalue weighted by Crippen LogP contribution is -2.34. The van der Waals surface area contributed by atoms with E-state index in [1.54, 1.807) is 0 Å². The third-order valence-electron chi connectivity index (χ3n) is 3.29. The Hall–Kier alpha value is -0.820. The smallest absolute Gasteiger partial charge is 0.00700 e. The van der Waals surface area contributed by atoms with Crippen LogP contribution in [-0.2, 0) is 6.42 Å². The van der Waals surface area contributed by atoms with Gasteiger partial charge in [-0.05, 0) is 37.8 Å². The van der Waals surface area contributed by atoms with E-state index in [1.165, 1.54) is 24.8 Å². The molecular weight excluding hydrogens is 194 g/mol. The molecule has 0 fully saturated rings. The molecule has 1 rings (SSSR count). The molecule has 1 aromatic carbocycles. The van der Waals surface area contributed by atoms with Crippen molar-refractivity contribution in [3.63, 3.8) is 0 Å². The molecule has 0 aliphatic carbocycles. The molecule has 0 aliphatic heterocycles. The molecule has 90 valence electrons. The van der Waals surface area contributed by atoms with Gasteiger partial charge in [0.2, 0.25) is 0 Å². The number of nitrogens with one attached hydrogen (secondary N) is 1. The van der Waals surface area contributed by atoms with Crippen molar-refractivity contribution in [2.75, 3.05) is 6.54 Å². The second-order valence-electron chi connectivity index (χ2n) is 4.60. The van der Waals surface area contributed by atoms with Crippen molar-refractivity contribution in [3.8, 4) is 0 Å². The van der Waals surface area contributed by atoms with Crippen LogP contribution in [0.2, 0.25) is 0 Å². The van der Waals surface area contributed by atoms with Gasteiger partial charge in [0.1, 0.15) is 0 Å². The molecule has 2 atom stereocenters. The topological polar surface area (TPSA) is 12.0 Å². The predicted octanol–water partition coefficient (Wildman–Crippen LogP) is 3.64. The highest BCUT2D eigenvalue weighted by Crippen LogP contribution is 2.15. The number of hydrogen-bond acceptors (Lipinski definition) is 1. The Kier molecular flexibility index (Phi) is 6.17. The highest BCUT2D eigenvalue weighted by molar-refractivity contribution is 5.15. The second-order valence-corrected chi connectivity index (χ2v) is 4.60. The molecule has 0 saturated carbocycles. The minimum Gasteiger partial charge on any atom is -0.314 e. The predicted molar refractivity (Wildman–Crippen MR) is 71.7 cm³/mol. The van der Waals surface area contributed by atoms with Gasteiger partial charge in [-0.1, -0.05) is 50.6 Å². The van der Waals surface area contributed by atoms with E-state index in [0.717, 1.165) is 12.5 Å². The summed E-state index contributed by atoms with van der Waals surface area (Å²) in [4.78, 5) is 0. The maximum absolute atomic E-state index is 3.60. The number of benzene rings is 1. The van der Waals surface area contributed by atoms with Crippen LogP contribution < -0.4 is 5.32 Å². The van der Waals surface area contributed by atoms with Crippen molar-refractivity contribution in [1.29, 1.82) is 0 Å². The molecule has 0 aromatic heterocycles. The third kappa shape index (κ3) is 4.36. The van der Waals surface area contributed by atoms with E-state index in [4.69, 9.17) is 0 Å². The molecule has 0 radical (unpaired) electrons. The van der Waals surface area contributed by atoms with Gasteiger partial charge in [-0.2, -0.15) is 0 Å². The minimum absolute atomic E-state index is 0.616. The highest BCUT2D eigenvalue weighted by atomic mass is 14.9. The summed E-state index contributed by atoms with van der Waals surface area (Å²) >= 11 is 0. The van der Waals surface area contributed by atoms with Crippen LogP contribution in [0.1, 0.15) is 39.2 Å². The summed E-state index contributed by atoms with van der Waals surface area (Å²) in [6, 6.07) is 11.4. The molecular formula is C15H25N. The van der Waals surface area contributed by atoms with Crippen molar-refractivity contribution in [2.24, 2.45) is 5.92 Å². The molecule has 0 spiro atoms. The van der Waals surface area contributed by atoms with E-state index in [0.29, 0.717) is 6.04 Å². The maximum Gasteiger partial charge on any atom is 0.00700 e. The molecule has 2 unspecified atom stereocenters. The van der Waals surface area contributed by atoms with E-state index in [9.17, 15) is 0 Å². The minimum atomic E-state index is 0.616. The van der Waals surface area contributed by atoms with Gasteiger partial charge in [0.25, 0.3) is 0 Å². The summed E-state index contributed by atoms with van der Waals surface area (Å²) in [6.07, 6.45) is 3.65. The normalized spacial score (nSPS) is 14.7. The van der Waals surface area contributed by atoms with E-state index < -0.39 is 0 Å². The van der Waals surface area contributed by atoms with E-state index in [1.807, 2.05) is 0 Å². The van der Waals surface area contributed by atoms with Crippen LogP contribution in [0.4, 0.5) is 0 Å². The quantitative estimate of drug-likeness (QED) is 0.738. The fourth-order valence-corrected chi connectivity index (χ4v) is 2.13. The van der Waals surface area contributed by atoms with E-state index in [-0.39, 0.29) is 0 Å². The molecule has 1 aromatic rings. The Morgan fingerprint density at radius 3 is 2.38 bits per heavy atom. The van der Waals surface area contributed by atoms with Gasteiger partial charge < -0.3 is 5.32 Å². The molecule has 0 saturated heterocycles. The first-order valence-corrected chi connectivity index (χ1v) is 6.55. The van der Waals surface area contributed by atoms with Crippen LogP contribution in [0.3, 0.4) is 0 Å². The average molecular weight is 219 g/mol. The molecule has 0 bridgehead atoms. The Bertz CT molecular complexity index is 268. The SMILES string of the molecule is CCCNC(C)C(CC)Cc1ccccc1. The fourth-order valence-electron chi connectivity index (χ4n) is 2.13. The molecule has 1 nitrogen and oxygen atoms in total. The highest BCUT2D eigenvalue weighted by Gasteiger charge is 2.14. The average Bonchev–Trinajstić information content (AvgIpc) is 2.34. The maximum atomic E-state index is 3.60. The summed E-state index contributed by atoms with van der Waals surface area (Å²) in [5, 5.41) is 3.60.